The number of nitrogens with one attached hydrogen (secondary N) is 1. The molecule has 0 radical (unpaired) electrons. The van der Waals surface area contributed by atoms with Gasteiger partial charge in [0, 0.05) is 12.3 Å². The Morgan fingerprint density at radius 2 is 1.28 bits per heavy atom. The summed E-state index contributed by atoms with van der Waals surface area (Å²) < 4.78 is 28.2. The normalized spacial score (nSPS) is 18.8. The van der Waals surface area contributed by atoms with Crippen LogP contribution >= 0.6 is 22.6 Å². The van der Waals surface area contributed by atoms with E-state index in [1.54, 1.807) is 7.11 Å². The second-order valence-corrected chi connectivity index (χ2v) is 17.4. The Bertz CT molecular complexity index is 2160. The lowest BCUT2D eigenvalue weighted by molar-refractivity contribution is -0.0919. The second-order valence-electron chi connectivity index (χ2n) is 12.7. The second kappa shape index (κ2) is 16.0. The van der Waals surface area contributed by atoms with Crippen molar-refractivity contribution in [3.63, 3.8) is 0 Å². The van der Waals surface area contributed by atoms with Crippen molar-refractivity contribution in [3.05, 3.63) is 208 Å². The summed E-state index contributed by atoms with van der Waals surface area (Å²) in [5, 5.41) is 2.05. The maximum atomic E-state index is 13.2. The number of ether oxygens (including phenoxy) is 3. The summed E-state index contributed by atoms with van der Waals surface area (Å²) in [5.74, 6) is 0.728. The highest BCUT2D eigenvalue weighted by Crippen LogP contribution is 2.44. The van der Waals surface area contributed by atoms with Crippen LogP contribution in [0.3, 0.4) is 0 Å². The van der Waals surface area contributed by atoms with Gasteiger partial charge in [0.15, 0.2) is 6.23 Å². The largest absolute Gasteiger partial charge is 0.497 e. The summed E-state index contributed by atoms with van der Waals surface area (Å²) in [6.07, 6.45) is -0.542. The van der Waals surface area contributed by atoms with Gasteiger partial charge in [-0.05, 0) is 39.2 Å². The number of H-pyrrole nitrogens is 1. The van der Waals surface area contributed by atoms with E-state index in [0.717, 1.165) is 32.8 Å². The number of methoxy groups -OCH3 is 1. The minimum absolute atomic E-state index is 0.0831. The van der Waals surface area contributed by atoms with Crippen molar-refractivity contribution >= 4 is 41.3 Å². The lowest BCUT2D eigenvalue weighted by Gasteiger charge is -2.38. The standard InChI is InChI=1S/C43H39IN2O6Si/c1-3-53(35-20-12-6-13-21-35,36-22-14-7-15-23-36)52-40-37(51-41(39(40)44)46-29-28-38(47)45-42(46)48)30-50-43(31-16-8-4-9-17-31,32-18-10-5-11-19-32)33-24-26-34(49-2)27-25-33/h3-29,37,39-41H,1,30H2,2H3,(H,45,47,48)/t37-,39-,40-,41-/m1/s1. The molecular weight excluding hydrogens is 795 g/mol. The van der Waals surface area contributed by atoms with Gasteiger partial charge in [-0.25, -0.2) is 4.79 Å². The molecule has 1 aliphatic rings. The summed E-state index contributed by atoms with van der Waals surface area (Å²) in [6.45, 7) is 4.44. The van der Waals surface area contributed by atoms with Gasteiger partial charge in [-0.3, -0.25) is 14.3 Å². The first-order valence-corrected chi connectivity index (χ1v) is 20.6. The van der Waals surface area contributed by atoms with Crippen molar-refractivity contribution in [2.45, 2.75) is 28.0 Å². The minimum atomic E-state index is -3.14. The van der Waals surface area contributed by atoms with Gasteiger partial charge >= 0.3 is 5.69 Å². The first-order chi connectivity index (χ1) is 25.9. The lowest BCUT2D eigenvalue weighted by atomic mass is 9.80. The lowest BCUT2D eigenvalue weighted by Crippen LogP contribution is -2.63. The zero-order chi connectivity index (χ0) is 36.8. The Morgan fingerprint density at radius 3 is 1.77 bits per heavy atom. The highest BCUT2D eigenvalue weighted by molar-refractivity contribution is 14.1. The molecule has 7 rings (SSSR count). The minimum Gasteiger partial charge on any atom is -0.497 e. The van der Waals surface area contributed by atoms with Crippen LogP contribution in [0.1, 0.15) is 22.9 Å². The van der Waals surface area contributed by atoms with E-state index in [9.17, 15) is 9.59 Å². The molecule has 4 atom stereocenters. The maximum Gasteiger partial charge on any atom is 0.330 e. The topological polar surface area (TPSA) is 91.8 Å². The Balaban J connectivity index is 1.36. The van der Waals surface area contributed by atoms with Crippen molar-refractivity contribution < 1.29 is 18.6 Å². The molecule has 5 aromatic carbocycles. The van der Waals surface area contributed by atoms with Crippen LogP contribution in [0.25, 0.3) is 0 Å². The summed E-state index contributed by atoms with van der Waals surface area (Å²) in [6, 6.07) is 49.7. The molecule has 8 nitrogen and oxygen atoms in total. The van der Waals surface area contributed by atoms with Crippen LogP contribution in [0.5, 0.6) is 5.75 Å². The molecule has 1 N–H and O–H groups in total. The molecular formula is C43H39IN2O6Si. The summed E-state index contributed by atoms with van der Waals surface area (Å²) in [4.78, 5) is 27.7. The van der Waals surface area contributed by atoms with Crippen LogP contribution in [0.4, 0.5) is 0 Å². The number of hydrogen-bond acceptors (Lipinski definition) is 6. The average Bonchev–Trinajstić information content (AvgIpc) is 3.52. The van der Waals surface area contributed by atoms with Gasteiger partial charge in [-0.2, -0.15) is 0 Å². The monoisotopic (exact) mass is 834 g/mol. The number of rotatable bonds is 13. The van der Waals surface area contributed by atoms with Gasteiger partial charge in [-0.1, -0.05) is 162 Å². The Morgan fingerprint density at radius 1 is 0.774 bits per heavy atom. The van der Waals surface area contributed by atoms with Crippen LogP contribution < -0.4 is 26.4 Å². The number of aromatic nitrogens is 2. The van der Waals surface area contributed by atoms with E-state index in [1.165, 1.54) is 16.8 Å². The van der Waals surface area contributed by atoms with E-state index in [2.05, 4.69) is 82.7 Å². The molecule has 0 bridgehead atoms. The number of halogens is 1. The van der Waals surface area contributed by atoms with E-state index < -0.39 is 43.6 Å². The molecule has 0 saturated carbocycles. The summed E-state index contributed by atoms with van der Waals surface area (Å²) >= 11 is 2.32. The van der Waals surface area contributed by atoms with E-state index in [1.807, 2.05) is 103 Å². The predicted octanol–water partition coefficient (Wildman–Crippen LogP) is 6.13. The van der Waals surface area contributed by atoms with Crippen LogP contribution in [0.2, 0.25) is 0 Å². The van der Waals surface area contributed by atoms with Crippen LogP contribution in [0.15, 0.2) is 180 Å². The fourth-order valence-electron chi connectivity index (χ4n) is 7.12. The number of alkyl halides is 1. The first-order valence-electron chi connectivity index (χ1n) is 17.3. The van der Waals surface area contributed by atoms with E-state index in [-0.39, 0.29) is 10.5 Å². The Kier molecular flexibility index (Phi) is 11.0. The highest BCUT2D eigenvalue weighted by Gasteiger charge is 2.51. The number of aromatic amines is 1. The summed E-state index contributed by atoms with van der Waals surface area (Å²) in [5.41, 5.74) is 2.58. The molecule has 1 fully saturated rings. The molecule has 1 aliphatic heterocycles. The molecule has 0 spiro atoms. The van der Waals surface area contributed by atoms with Crippen molar-refractivity contribution in [2.75, 3.05) is 13.7 Å². The zero-order valence-electron chi connectivity index (χ0n) is 29.1. The molecule has 0 amide bonds. The molecule has 10 heteroatoms. The van der Waals surface area contributed by atoms with Gasteiger partial charge in [0.1, 0.15) is 17.5 Å². The molecule has 0 unspecified atom stereocenters. The smallest absolute Gasteiger partial charge is 0.330 e. The average molecular weight is 835 g/mol. The molecule has 6 aromatic rings. The van der Waals surface area contributed by atoms with E-state index >= 15 is 0 Å². The summed E-state index contributed by atoms with van der Waals surface area (Å²) in [7, 11) is -1.49. The fourth-order valence-corrected chi connectivity index (χ4v) is 11.8. The highest BCUT2D eigenvalue weighted by atomic mass is 127. The Labute approximate surface area is 322 Å². The first kappa shape index (κ1) is 36.5. The van der Waals surface area contributed by atoms with Gasteiger partial charge in [-0.15, -0.1) is 6.58 Å². The van der Waals surface area contributed by atoms with Crippen molar-refractivity contribution in [1.29, 1.82) is 0 Å². The van der Waals surface area contributed by atoms with Gasteiger partial charge < -0.3 is 18.6 Å². The molecule has 0 aliphatic carbocycles. The number of benzene rings is 5. The Hall–Kier alpha value is -4.85. The fraction of sp³-hybridized carbons (Fsp3) is 0.163. The molecule has 1 saturated heterocycles. The molecule has 53 heavy (non-hydrogen) atoms. The predicted molar refractivity (Wildman–Crippen MR) is 218 cm³/mol. The number of hydrogen-bond donors (Lipinski definition) is 1. The van der Waals surface area contributed by atoms with Gasteiger partial charge in [0.25, 0.3) is 13.9 Å². The van der Waals surface area contributed by atoms with Crippen molar-refractivity contribution in [1.82, 2.24) is 9.55 Å². The molecule has 268 valence electrons. The SMILES string of the molecule is C=C[Si](O[C@H]1[C@@H](I)[C@H](n2ccc(=O)[nH]c2=O)O[C@@H]1COC(c1ccccc1)(c1ccccc1)c1ccc(OC)cc1)(c1ccccc1)c1ccccc1. The van der Waals surface area contributed by atoms with Crippen LogP contribution in [-0.2, 0) is 19.5 Å². The van der Waals surface area contributed by atoms with Crippen molar-refractivity contribution in [2.24, 2.45) is 0 Å². The molecule has 1 aromatic heterocycles. The van der Waals surface area contributed by atoms with E-state index in [0.29, 0.717) is 0 Å². The number of nitrogens with zero attached hydrogens (tertiary/aromatic N) is 1. The van der Waals surface area contributed by atoms with E-state index in [4.69, 9.17) is 18.6 Å². The van der Waals surface area contributed by atoms with Crippen LogP contribution in [0, 0.1) is 0 Å². The third kappa shape index (κ3) is 7.12. The third-order valence-corrected chi connectivity index (χ3v) is 14.7. The van der Waals surface area contributed by atoms with Gasteiger partial charge in [0.05, 0.1) is 23.7 Å². The maximum absolute atomic E-state index is 13.2. The van der Waals surface area contributed by atoms with Crippen molar-refractivity contribution in [3.8, 4) is 5.75 Å². The zero-order valence-corrected chi connectivity index (χ0v) is 32.2. The van der Waals surface area contributed by atoms with Crippen LogP contribution in [-0.4, -0.2) is 47.7 Å². The quantitative estimate of drug-likeness (QED) is 0.0653. The molecule has 2 heterocycles. The third-order valence-electron chi connectivity index (χ3n) is 9.73. The van der Waals surface area contributed by atoms with Gasteiger partial charge in [0.2, 0.25) is 0 Å².